The predicted octanol–water partition coefficient (Wildman–Crippen LogP) is 0.669. The van der Waals surface area contributed by atoms with Gasteiger partial charge in [-0.2, -0.15) is 0 Å². The first-order chi connectivity index (χ1) is 8.92. The van der Waals surface area contributed by atoms with Gasteiger partial charge >= 0.3 is 0 Å². The standard InChI is InChI=1S/C12H18N2O4S/c1-10(2)9-18-14-12(15)8-13-19(16,17)11-6-4-3-5-7-11/h3-7,10,13H,8-9H2,1-2H3,(H,14,15). The molecule has 0 saturated heterocycles. The van der Waals surface area contributed by atoms with E-state index in [0.717, 1.165) is 0 Å². The van der Waals surface area contributed by atoms with E-state index in [1.807, 2.05) is 13.8 Å². The number of hydroxylamine groups is 1. The van der Waals surface area contributed by atoms with Crippen LogP contribution in [0, 0.1) is 5.92 Å². The monoisotopic (exact) mass is 286 g/mol. The molecule has 0 radical (unpaired) electrons. The van der Waals surface area contributed by atoms with Crippen LogP contribution in [-0.4, -0.2) is 27.5 Å². The Morgan fingerprint density at radius 3 is 2.47 bits per heavy atom. The molecule has 1 amide bonds. The van der Waals surface area contributed by atoms with Crippen molar-refractivity contribution < 1.29 is 18.0 Å². The lowest BCUT2D eigenvalue weighted by Gasteiger charge is -2.09. The zero-order valence-corrected chi connectivity index (χ0v) is 11.7. The highest BCUT2D eigenvalue weighted by atomic mass is 32.2. The molecule has 7 heteroatoms. The normalized spacial score (nSPS) is 11.5. The van der Waals surface area contributed by atoms with Crippen LogP contribution in [0.2, 0.25) is 0 Å². The van der Waals surface area contributed by atoms with E-state index in [4.69, 9.17) is 4.84 Å². The van der Waals surface area contributed by atoms with Crippen molar-refractivity contribution >= 4 is 15.9 Å². The van der Waals surface area contributed by atoms with E-state index in [1.165, 1.54) is 12.1 Å². The van der Waals surface area contributed by atoms with Crippen LogP contribution < -0.4 is 10.2 Å². The number of benzene rings is 1. The Balaban J connectivity index is 2.42. The molecular formula is C12H18N2O4S. The van der Waals surface area contributed by atoms with Gasteiger partial charge in [0.25, 0.3) is 5.91 Å². The van der Waals surface area contributed by atoms with Crippen molar-refractivity contribution in [1.82, 2.24) is 10.2 Å². The third kappa shape index (κ3) is 5.82. The number of sulfonamides is 1. The molecule has 0 unspecified atom stereocenters. The van der Waals surface area contributed by atoms with Gasteiger partial charge in [0.15, 0.2) is 0 Å². The molecule has 1 aromatic carbocycles. The molecule has 19 heavy (non-hydrogen) atoms. The van der Waals surface area contributed by atoms with Gasteiger partial charge in [-0.15, -0.1) is 0 Å². The summed E-state index contributed by atoms with van der Waals surface area (Å²) in [5.41, 5.74) is 2.17. The lowest BCUT2D eigenvalue weighted by Crippen LogP contribution is -2.37. The summed E-state index contributed by atoms with van der Waals surface area (Å²) < 4.78 is 25.8. The zero-order chi connectivity index (χ0) is 14.3. The molecule has 0 saturated carbocycles. The average molecular weight is 286 g/mol. The molecule has 1 rings (SSSR count). The number of carbonyl (C=O) groups is 1. The van der Waals surface area contributed by atoms with E-state index in [0.29, 0.717) is 6.61 Å². The molecule has 0 atom stereocenters. The van der Waals surface area contributed by atoms with E-state index in [-0.39, 0.29) is 17.4 Å². The minimum absolute atomic E-state index is 0.117. The number of nitrogens with one attached hydrogen (secondary N) is 2. The molecule has 0 spiro atoms. The number of amides is 1. The van der Waals surface area contributed by atoms with Crippen molar-refractivity contribution in [2.75, 3.05) is 13.2 Å². The van der Waals surface area contributed by atoms with Crippen molar-refractivity contribution in [3.8, 4) is 0 Å². The van der Waals surface area contributed by atoms with E-state index >= 15 is 0 Å². The fourth-order valence-corrected chi connectivity index (χ4v) is 2.17. The molecule has 0 heterocycles. The van der Waals surface area contributed by atoms with Gasteiger partial charge in [0.05, 0.1) is 18.0 Å². The SMILES string of the molecule is CC(C)CONC(=O)CNS(=O)(=O)c1ccccc1. The van der Waals surface area contributed by atoms with E-state index < -0.39 is 15.9 Å². The largest absolute Gasteiger partial charge is 0.273 e. The van der Waals surface area contributed by atoms with Crippen molar-refractivity contribution in [2.45, 2.75) is 18.7 Å². The summed E-state index contributed by atoms with van der Waals surface area (Å²) in [5, 5.41) is 0. The molecule has 6 nitrogen and oxygen atoms in total. The van der Waals surface area contributed by atoms with Gasteiger partial charge in [-0.1, -0.05) is 32.0 Å². The summed E-state index contributed by atoms with van der Waals surface area (Å²) in [5.74, 6) is -0.263. The summed E-state index contributed by atoms with van der Waals surface area (Å²) in [7, 11) is -3.66. The number of rotatable bonds is 7. The minimum Gasteiger partial charge on any atom is -0.273 e. The third-order valence-corrected chi connectivity index (χ3v) is 3.50. The molecule has 2 N–H and O–H groups in total. The van der Waals surface area contributed by atoms with Crippen LogP contribution in [0.1, 0.15) is 13.8 Å². The van der Waals surface area contributed by atoms with Gasteiger partial charge in [0.1, 0.15) is 0 Å². The summed E-state index contributed by atoms with van der Waals surface area (Å²) in [6.07, 6.45) is 0. The second-order valence-electron chi connectivity index (χ2n) is 4.37. The predicted molar refractivity (Wildman–Crippen MR) is 70.6 cm³/mol. The lowest BCUT2D eigenvalue weighted by molar-refractivity contribution is -0.133. The van der Waals surface area contributed by atoms with Crippen LogP contribution in [0.25, 0.3) is 0 Å². The third-order valence-electron chi connectivity index (χ3n) is 2.08. The molecule has 0 bridgehead atoms. The summed E-state index contributed by atoms with van der Waals surface area (Å²) in [4.78, 5) is 16.3. The van der Waals surface area contributed by atoms with Crippen molar-refractivity contribution in [1.29, 1.82) is 0 Å². The van der Waals surface area contributed by atoms with Crippen LogP contribution >= 0.6 is 0 Å². The lowest BCUT2D eigenvalue weighted by atomic mass is 10.2. The van der Waals surface area contributed by atoms with Crippen LogP contribution in [0.3, 0.4) is 0 Å². The highest BCUT2D eigenvalue weighted by Gasteiger charge is 2.14. The zero-order valence-electron chi connectivity index (χ0n) is 10.9. The fourth-order valence-electron chi connectivity index (χ4n) is 1.17. The first-order valence-electron chi connectivity index (χ1n) is 5.87. The number of carbonyl (C=O) groups excluding carboxylic acids is 1. The van der Waals surface area contributed by atoms with Gasteiger partial charge in [-0.3, -0.25) is 9.63 Å². The molecule has 0 aromatic heterocycles. The Morgan fingerprint density at radius 2 is 1.89 bits per heavy atom. The van der Waals surface area contributed by atoms with E-state index in [1.54, 1.807) is 18.2 Å². The Bertz CT molecular complexity index is 500. The van der Waals surface area contributed by atoms with Crippen LogP contribution in [0.15, 0.2) is 35.2 Å². The quantitative estimate of drug-likeness (QED) is 0.721. The van der Waals surface area contributed by atoms with Gasteiger partial charge in [0, 0.05) is 0 Å². The fraction of sp³-hybridized carbons (Fsp3) is 0.417. The average Bonchev–Trinajstić information content (AvgIpc) is 2.37. The maximum absolute atomic E-state index is 11.8. The molecule has 0 fully saturated rings. The number of hydrogen-bond donors (Lipinski definition) is 2. The number of hydrogen-bond acceptors (Lipinski definition) is 4. The second-order valence-corrected chi connectivity index (χ2v) is 6.13. The van der Waals surface area contributed by atoms with E-state index in [9.17, 15) is 13.2 Å². The highest BCUT2D eigenvalue weighted by molar-refractivity contribution is 7.89. The van der Waals surface area contributed by atoms with E-state index in [2.05, 4.69) is 10.2 Å². The Kier molecular flexibility index (Phi) is 5.94. The van der Waals surface area contributed by atoms with Crippen molar-refractivity contribution in [3.05, 3.63) is 30.3 Å². The molecule has 0 aliphatic carbocycles. The van der Waals surface area contributed by atoms with Crippen molar-refractivity contribution in [2.24, 2.45) is 5.92 Å². The molecule has 0 aliphatic heterocycles. The minimum atomic E-state index is -3.66. The van der Waals surface area contributed by atoms with Crippen LogP contribution in [0.4, 0.5) is 0 Å². The van der Waals surface area contributed by atoms with Gasteiger partial charge in [0.2, 0.25) is 10.0 Å². The van der Waals surface area contributed by atoms with Crippen molar-refractivity contribution in [3.63, 3.8) is 0 Å². The van der Waals surface area contributed by atoms with Gasteiger partial charge in [-0.25, -0.2) is 18.6 Å². The summed E-state index contributed by atoms with van der Waals surface area (Å²) in [6, 6.07) is 7.84. The molecule has 1 aromatic rings. The molecular weight excluding hydrogens is 268 g/mol. The van der Waals surface area contributed by atoms with Gasteiger partial charge < -0.3 is 0 Å². The first kappa shape index (κ1) is 15.6. The Morgan fingerprint density at radius 1 is 1.26 bits per heavy atom. The molecule has 106 valence electrons. The second kappa shape index (κ2) is 7.22. The topological polar surface area (TPSA) is 84.5 Å². The summed E-state index contributed by atoms with van der Waals surface area (Å²) >= 11 is 0. The first-order valence-corrected chi connectivity index (χ1v) is 7.35. The van der Waals surface area contributed by atoms with Gasteiger partial charge in [-0.05, 0) is 18.1 Å². The Labute approximate surface area is 113 Å². The summed E-state index contributed by atoms with van der Waals surface area (Å²) in [6.45, 7) is 3.88. The van der Waals surface area contributed by atoms with Crippen LogP contribution in [0.5, 0.6) is 0 Å². The maximum atomic E-state index is 11.8. The smallest absolute Gasteiger partial charge is 0.258 e. The highest BCUT2D eigenvalue weighted by Crippen LogP contribution is 2.06. The Hall–Kier alpha value is -1.44. The van der Waals surface area contributed by atoms with Crippen LogP contribution in [-0.2, 0) is 19.7 Å². The maximum Gasteiger partial charge on any atom is 0.258 e. The molecule has 0 aliphatic rings.